The fraction of sp³-hybridized carbons (Fsp3) is 0.176. The molecule has 12 heteroatoms. The topological polar surface area (TPSA) is 141 Å². The molecule has 0 saturated heterocycles. The van der Waals surface area contributed by atoms with Crippen LogP contribution in [0.25, 0.3) is 49.3 Å². The molecule has 234 valence electrons. The first-order chi connectivity index (χ1) is 22.0. The molecule has 0 saturated carbocycles. The summed E-state index contributed by atoms with van der Waals surface area (Å²) in [6.45, 7) is 3.83. The zero-order valence-electron chi connectivity index (χ0n) is 25.6. The minimum absolute atomic E-state index is 0.117. The molecule has 6 aromatic rings. The number of hydrogen-bond donors (Lipinski definition) is 0. The lowest BCUT2D eigenvalue weighted by molar-refractivity contribution is -0.132. The lowest BCUT2D eigenvalue weighted by Crippen LogP contribution is -2.05. The van der Waals surface area contributed by atoms with Gasteiger partial charge >= 0.3 is 23.5 Å². The quantitative estimate of drug-likeness (QED) is 0.120. The Morgan fingerprint density at radius 1 is 0.630 bits per heavy atom. The smallest absolute Gasteiger partial charge is 0.361 e. The molecule has 0 fully saturated rings. The van der Waals surface area contributed by atoms with Crippen LogP contribution in [-0.2, 0) is 14.4 Å². The number of hydrogen-bond acceptors (Lipinski definition) is 11. The number of carbonyl (C=O) groups is 3. The molecule has 46 heavy (non-hydrogen) atoms. The van der Waals surface area contributed by atoms with Crippen molar-refractivity contribution < 1.29 is 47.2 Å². The summed E-state index contributed by atoms with van der Waals surface area (Å²) in [5.41, 5.74) is 1.38. The Morgan fingerprint density at radius 3 is 1.80 bits per heavy atom. The number of benzene rings is 3. The standard InChI is InChI=1S/C34H27NO11/c1-16(36)43-27-12-20(7-8-23(27)40-4)30-31-22-14-29(45-18(3)38)26(42-6)15-24(22)46-34(39)33(31)35-10-9-19-11-28(44-17(2)37)25(41-5)13-21(19)32(30)35/h7-15H,1-6H3. The summed E-state index contributed by atoms with van der Waals surface area (Å²) in [4.78, 5) is 49.6. The average molecular weight is 626 g/mol. The molecule has 0 aliphatic heterocycles. The number of aromatic nitrogens is 1. The molecule has 0 spiro atoms. The highest BCUT2D eigenvalue weighted by molar-refractivity contribution is 6.22. The van der Waals surface area contributed by atoms with Crippen molar-refractivity contribution >= 4 is 56.1 Å². The van der Waals surface area contributed by atoms with Gasteiger partial charge in [0.15, 0.2) is 34.5 Å². The summed E-state index contributed by atoms with van der Waals surface area (Å²) < 4.78 is 40.3. The van der Waals surface area contributed by atoms with Crippen molar-refractivity contribution in [3.63, 3.8) is 0 Å². The second-order valence-corrected chi connectivity index (χ2v) is 10.3. The van der Waals surface area contributed by atoms with E-state index in [0.717, 1.165) is 0 Å². The van der Waals surface area contributed by atoms with E-state index in [1.54, 1.807) is 53.1 Å². The van der Waals surface area contributed by atoms with Gasteiger partial charge in [0.05, 0.1) is 26.8 Å². The first-order valence-corrected chi connectivity index (χ1v) is 13.9. The molecule has 0 N–H and O–H groups in total. The highest BCUT2D eigenvalue weighted by atomic mass is 16.6. The number of fused-ring (bicyclic) bond motifs is 7. The molecule has 0 aliphatic rings. The highest BCUT2D eigenvalue weighted by Crippen LogP contribution is 2.46. The summed E-state index contributed by atoms with van der Waals surface area (Å²) in [5, 5.41) is 2.19. The molecule has 3 heterocycles. The van der Waals surface area contributed by atoms with Crippen molar-refractivity contribution in [2.24, 2.45) is 0 Å². The average Bonchev–Trinajstić information content (AvgIpc) is 3.36. The third-order valence-corrected chi connectivity index (χ3v) is 7.34. The Labute approximate surface area is 260 Å². The lowest BCUT2D eigenvalue weighted by atomic mass is 9.97. The van der Waals surface area contributed by atoms with Crippen molar-refractivity contribution in [1.29, 1.82) is 0 Å². The molecular formula is C34H27NO11. The van der Waals surface area contributed by atoms with Crippen LogP contribution in [0.4, 0.5) is 0 Å². The summed E-state index contributed by atoms with van der Waals surface area (Å²) in [7, 11) is 4.31. The summed E-state index contributed by atoms with van der Waals surface area (Å²) in [6, 6.07) is 13.2. The van der Waals surface area contributed by atoms with Gasteiger partial charge in [-0.15, -0.1) is 0 Å². The van der Waals surface area contributed by atoms with E-state index < -0.39 is 23.5 Å². The van der Waals surface area contributed by atoms with Crippen LogP contribution in [-0.4, -0.2) is 43.6 Å². The normalized spacial score (nSPS) is 11.2. The maximum absolute atomic E-state index is 13.8. The van der Waals surface area contributed by atoms with E-state index >= 15 is 0 Å². The fourth-order valence-electron chi connectivity index (χ4n) is 5.64. The predicted octanol–water partition coefficient (Wildman–Crippen LogP) is 5.82. The second-order valence-electron chi connectivity index (χ2n) is 10.3. The van der Waals surface area contributed by atoms with Crippen LogP contribution in [0.3, 0.4) is 0 Å². The van der Waals surface area contributed by atoms with Crippen LogP contribution in [0, 0.1) is 0 Å². The monoisotopic (exact) mass is 625 g/mol. The van der Waals surface area contributed by atoms with E-state index in [-0.39, 0.29) is 39.8 Å². The SMILES string of the molecule is COc1ccc(-c2c3c4cc(OC(C)=O)c(OC)cc4oc(=O)c3n3ccc4cc(OC(C)=O)c(OC)cc4c23)cc1OC(C)=O. The van der Waals surface area contributed by atoms with Crippen LogP contribution in [0.5, 0.6) is 34.5 Å². The van der Waals surface area contributed by atoms with Gasteiger partial charge < -0.3 is 37.2 Å². The first-order valence-electron chi connectivity index (χ1n) is 13.9. The Balaban J connectivity index is 1.85. The van der Waals surface area contributed by atoms with Crippen molar-refractivity contribution in [3.8, 4) is 45.6 Å². The van der Waals surface area contributed by atoms with Crippen molar-refractivity contribution in [1.82, 2.24) is 4.40 Å². The van der Waals surface area contributed by atoms with E-state index in [2.05, 4.69) is 0 Å². The van der Waals surface area contributed by atoms with Gasteiger partial charge in [-0.2, -0.15) is 0 Å². The van der Waals surface area contributed by atoms with E-state index in [1.165, 1.54) is 48.2 Å². The number of esters is 3. The number of pyridine rings is 1. The Hall–Kier alpha value is -6.04. The molecule has 12 nitrogen and oxygen atoms in total. The Bertz CT molecular complexity index is 2310. The van der Waals surface area contributed by atoms with Gasteiger partial charge in [0.1, 0.15) is 11.1 Å². The van der Waals surface area contributed by atoms with Crippen LogP contribution in [0.2, 0.25) is 0 Å². The molecule has 0 radical (unpaired) electrons. The molecule has 3 aromatic carbocycles. The first kappa shape index (κ1) is 30.0. The van der Waals surface area contributed by atoms with Crippen LogP contribution in [0.1, 0.15) is 20.8 Å². The van der Waals surface area contributed by atoms with E-state index in [0.29, 0.717) is 43.9 Å². The van der Waals surface area contributed by atoms with Gasteiger partial charge in [0.25, 0.3) is 0 Å². The summed E-state index contributed by atoms with van der Waals surface area (Å²) in [6.07, 6.45) is 1.70. The summed E-state index contributed by atoms with van der Waals surface area (Å²) in [5.74, 6) is -0.379. The van der Waals surface area contributed by atoms with Gasteiger partial charge in [-0.25, -0.2) is 4.79 Å². The van der Waals surface area contributed by atoms with Gasteiger partial charge in [0, 0.05) is 54.8 Å². The molecular weight excluding hydrogens is 598 g/mol. The van der Waals surface area contributed by atoms with E-state index in [9.17, 15) is 19.2 Å². The minimum Gasteiger partial charge on any atom is -0.493 e. The van der Waals surface area contributed by atoms with Gasteiger partial charge in [0.2, 0.25) is 0 Å². The number of carbonyl (C=O) groups excluding carboxylic acids is 3. The van der Waals surface area contributed by atoms with Gasteiger partial charge in [-0.05, 0) is 47.3 Å². The Kier molecular flexibility index (Phi) is 7.48. The molecule has 3 aromatic heterocycles. The van der Waals surface area contributed by atoms with Crippen LogP contribution < -0.4 is 34.0 Å². The largest absolute Gasteiger partial charge is 0.493 e. The highest BCUT2D eigenvalue weighted by Gasteiger charge is 2.26. The number of methoxy groups -OCH3 is 3. The molecule has 0 unspecified atom stereocenters. The molecule has 0 amide bonds. The van der Waals surface area contributed by atoms with Crippen LogP contribution >= 0.6 is 0 Å². The molecule has 0 aliphatic carbocycles. The zero-order chi connectivity index (χ0) is 32.9. The summed E-state index contributed by atoms with van der Waals surface area (Å²) >= 11 is 0. The number of rotatable bonds is 7. The van der Waals surface area contributed by atoms with Crippen molar-refractivity contribution in [2.75, 3.05) is 21.3 Å². The Morgan fingerprint density at radius 2 is 1.20 bits per heavy atom. The van der Waals surface area contributed by atoms with Gasteiger partial charge in [-0.1, -0.05) is 6.07 Å². The number of ether oxygens (including phenoxy) is 6. The van der Waals surface area contributed by atoms with E-state index in [4.69, 9.17) is 32.8 Å². The van der Waals surface area contributed by atoms with Crippen molar-refractivity contribution in [3.05, 3.63) is 65.1 Å². The molecule has 6 rings (SSSR count). The fourth-order valence-corrected chi connectivity index (χ4v) is 5.64. The zero-order valence-corrected chi connectivity index (χ0v) is 25.6. The third-order valence-electron chi connectivity index (χ3n) is 7.34. The predicted molar refractivity (Wildman–Crippen MR) is 167 cm³/mol. The lowest BCUT2D eigenvalue weighted by Gasteiger charge is -2.13. The minimum atomic E-state index is -0.650. The van der Waals surface area contributed by atoms with Crippen LogP contribution in [0.15, 0.2) is 63.9 Å². The molecule has 0 bridgehead atoms. The maximum atomic E-state index is 13.8. The van der Waals surface area contributed by atoms with Gasteiger partial charge in [-0.3, -0.25) is 14.4 Å². The third kappa shape index (κ3) is 4.99. The number of nitrogens with zero attached hydrogens (tertiary/aromatic N) is 1. The molecule has 0 atom stereocenters. The van der Waals surface area contributed by atoms with Crippen molar-refractivity contribution in [2.45, 2.75) is 20.8 Å². The van der Waals surface area contributed by atoms with E-state index in [1.807, 2.05) is 0 Å². The maximum Gasteiger partial charge on any atom is 0.361 e. The second kappa shape index (κ2) is 11.5.